The van der Waals surface area contributed by atoms with Gasteiger partial charge in [0.2, 0.25) is 5.91 Å². The number of carbonyl (C=O) groups is 1. The van der Waals surface area contributed by atoms with Gasteiger partial charge in [0.05, 0.1) is 17.2 Å². The molecule has 7 heteroatoms. The van der Waals surface area contributed by atoms with Crippen molar-refractivity contribution in [3.05, 3.63) is 28.5 Å². The predicted molar refractivity (Wildman–Crippen MR) is 96.5 cm³/mol. The van der Waals surface area contributed by atoms with Crippen LogP contribution < -0.4 is 15.5 Å². The van der Waals surface area contributed by atoms with Crippen molar-refractivity contribution >= 4 is 23.2 Å². The van der Waals surface area contributed by atoms with Gasteiger partial charge in [-0.3, -0.25) is 4.79 Å². The van der Waals surface area contributed by atoms with E-state index in [4.69, 9.17) is 16.3 Å². The van der Waals surface area contributed by atoms with Crippen LogP contribution in [0.5, 0.6) is 0 Å². The summed E-state index contributed by atoms with van der Waals surface area (Å²) in [6.07, 6.45) is 3.97. The van der Waals surface area contributed by atoms with Gasteiger partial charge in [-0.15, -0.1) is 0 Å². The van der Waals surface area contributed by atoms with Crippen molar-refractivity contribution in [2.75, 3.05) is 31.6 Å². The standard InChI is InChI=1S/C18H25ClFN3O2/c1-25-14-4-7-23(8-5-14)13-9-12(17(20)15(19)10-13)11-22-18(24)16-3-2-6-21-16/h9-10,14,16,21H,2-8,11H2,1H3,(H,22,24). The van der Waals surface area contributed by atoms with E-state index in [1.54, 1.807) is 19.2 Å². The molecule has 2 fully saturated rings. The molecule has 3 rings (SSSR count). The lowest BCUT2D eigenvalue weighted by atomic mass is 10.1. The molecule has 1 amide bonds. The molecule has 0 bridgehead atoms. The lowest BCUT2D eigenvalue weighted by Gasteiger charge is -2.33. The third kappa shape index (κ3) is 4.43. The minimum absolute atomic E-state index is 0.0839. The molecule has 0 spiro atoms. The Morgan fingerprint density at radius 2 is 2.16 bits per heavy atom. The molecule has 2 heterocycles. The zero-order valence-corrected chi connectivity index (χ0v) is 15.2. The molecular formula is C18H25ClFN3O2. The minimum atomic E-state index is -0.461. The molecule has 1 aromatic carbocycles. The fraction of sp³-hybridized carbons (Fsp3) is 0.611. The van der Waals surface area contributed by atoms with E-state index in [-0.39, 0.29) is 29.6 Å². The van der Waals surface area contributed by atoms with Gasteiger partial charge in [0.15, 0.2) is 0 Å². The Kier molecular flexibility index (Phi) is 6.15. The van der Waals surface area contributed by atoms with E-state index in [2.05, 4.69) is 15.5 Å². The molecule has 0 aromatic heterocycles. The first-order valence-electron chi connectivity index (χ1n) is 8.85. The van der Waals surface area contributed by atoms with E-state index >= 15 is 0 Å². The summed E-state index contributed by atoms with van der Waals surface area (Å²) >= 11 is 6.09. The van der Waals surface area contributed by atoms with Crippen molar-refractivity contribution < 1.29 is 13.9 Å². The van der Waals surface area contributed by atoms with Crippen LogP contribution in [-0.2, 0) is 16.1 Å². The van der Waals surface area contributed by atoms with E-state index in [9.17, 15) is 9.18 Å². The first-order valence-corrected chi connectivity index (χ1v) is 9.23. The van der Waals surface area contributed by atoms with Gasteiger partial charge in [0, 0.05) is 38.0 Å². The number of anilines is 1. The summed E-state index contributed by atoms with van der Waals surface area (Å²) in [7, 11) is 1.73. The van der Waals surface area contributed by atoms with Gasteiger partial charge in [0.25, 0.3) is 0 Å². The molecule has 25 heavy (non-hydrogen) atoms. The summed E-state index contributed by atoms with van der Waals surface area (Å²) in [5, 5.41) is 6.05. The smallest absolute Gasteiger partial charge is 0.237 e. The number of ether oxygens (including phenoxy) is 1. The third-order valence-electron chi connectivity index (χ3n) is 5.06. The van der Waals surface area contributed by atoms with Gasteiger partial charge in [-0.2, -0.15) is 0 Å². The maximum atomic E-state index is 14.4. The van der Waals surface area contributed by atoms with E-state index in [0.717, 1.165) is 51.0 Å². The Balaban J connectivity index is 1.67. The first kappa shape index (κ1) is 18.4. The molecule has 1 aromatic rings. The number of hydrogen-bond acceptors (Lipinski definition) is 4. The summed E-state index contributed by atoms with van der Waals surface area (Å²) < 4.78 is 19.7. The summed E-state index contributed by atoms with van der Waals surface area (Å²) in [5.74, 6) is -0.545. The highest BCUT2D eigenvalue weighted by atomic mass is 35.5. The van der Waals surface area contributed by atoms with Crippen molar-refractivity contribution in [2.45, 2.75) is 44.4 Å². The van der Waals surface area contributed by atoms with Crippen LogP contribution in [0.2, 0.25) is 5.02 Å². The average molecular weight is 370 g/mol. The summed E-state index contributed by atoms with van der Waals surface area (Å²) in [6, 6.07) is 3.28. The van der Waals surface area contributed by atoms with Gasteiger partial charge in [-0.05, 0) is 44.4 Å². The van der Waals surface area contributed by atoms with E-state index < -0.39 is 5.82 Å². The van der Waals surface area contributed by atoms with Gasteiger partial charge in [-0.25, -0.2) is 4.39 Å². The number of amides is 1. The Morgan fingerprint density at radius 1 is 1.40 bits per heavy atom. The van der Waals surface area contributed by atoms with Gasteiger partial charge < -0.3 is 20.3 Å². The zero-order valence-electron chi connectivity index (χ0n) is 14.5. The van der Waals surface area contributed by atoms with Crippen LogP contribution in [-0.4, -0.2) is 44.8 Å². The van der Waals surface area contributed by atoms with Crippen molar-refractivity contribution in [2.24, 2.45) is 0 Å². The lowest BCUT2D eigenvalue weighted by molar-refractivity contribution is -0.122. The Labute approximate surface area is 152 Å². The molecule has 2 aliphatic rings. The molecule has 5 nitrogen and oxygen atoms in total. The maximum absolute atomic E-state index is 14.4. The van der Waals surface area contributed by atoms with Crippen LogP contribution in [0.1, 0.15) is 31.2 Å². The highest BCUT2D eigenvalue weighted by Gasteiger charge is 2.23. The van der Waals surface area contributed by atoms with Gasteiger partial charge >= 0.3 is 0 Å². The molecule has 1 atom stereocenters. The highest BCUT2D eigenvalue weighted by Crippen LogP contribution is 2.29. The average Bonchev–Trinajstić information content (AvgIpc) is 3.17. The monoisotopic (exact) mass is 369 g/mol. The summed E-state index contributed by atoms with van der Waals surface area (Å²) in [5.41, 5.74) is 1.31. The van der Waals surface area contributed by atoms with Crippen LogP contribution in [0.25, 0.3) is 0 Å². The number of rotatable bonds is 5. The van der Waals surface area contributed by atoms with Crippen molar-refractivity contribution in [3.63, 3.8) is 0 Å². The fourth-order valence-electron chi connectivity index (χ4n) is 3.50. The maximum Gasteiger partial charge on any atom is 0.237 e. The van der Waals surface area contributed by atoms with Crippen LogP contribution in [0.3, 0.4) is 0 Å². The first-order chi connectivity index (χ1) is 12.1. The minimum Gasteiger partial charge on any atom is -0.381 e. The highest BCUT2D eigenvalue weighted by molar-refractivity contribution is 6.31. The molecule has 0 aliphatic carbocycles. The van der Waals surface area contributed by atoms with E-state index in [0.29, 0.717) is 5.56 Å². The normalized spacial score (nSPS) is 21.6. The quantitative estimate of drug-likeness (QED) is 0.837. The Hall–Kier alpha value is -1.37. The molecule has 138 valence electrons. The third-order valence-corrected chi connectivity index (χ3v) is 5.33. The molecule has 0 saturated carbocycles. The van der Waals surface area contributed by atoms with Crippen LogP contribution in [0.15, 0.2) is 12.1 Å². The fourth-order valence-corrected chi connectivity index (χ4v) is 3.74. The molecule has 2 aliphatic heterocycles. The SMILES string of the molecule is COC1CCN(c2cc(Cl)c(F)c(CNC(=O)C3CCCN3)c2)CC1. The zero-order chi connectivity index (χ0) is 17.8. The second-order valence-corrected chi connectivity index (χ2v) is 7.10. The summed E-state index contributed by atoms with van der Waals surface area (Å²) in [4.78, 5) is 14.3. The predicted octanol–water partition coefficient (Wildman–Crippen LogP) is 2.46. The number of methoxy groups -OCH3 is 1. The summed E-state index contributed by atoms with van der Waals surface area (Å²) in [6.45, 7) is 2.69. The lowest BCUT2D eigenvalue weighted by Crippen LogP contribution is -2.40. The topological polar surface area (TPSA) is 53.6 Å². The van der Waals surface area contributed by atoms with E-state index in [1.165, 1.54) is 0 Å². The van der Waals surface area contributed by atoms with E-state index in [1.807, 2.05) is 0 Å². The Morgan fingerprint density at radius 3 is 2.80 bits per heavy atom. The number of nitrogens with zero attached hydrogens (tertiary/aromatic N) is 1. The molecule has 1 unspecified atom stereocenters. The number of carbonyl (C=O) groups excluding carboxylic acids is 1. The molecular weight excluding hydrogens is 345 g/mol. The van der Waals surface area contributed by atoms with Gasteiger partial charge in [-0.1, -0.05) is 11.6 Å². The number of piperidine rings is 1. The van der Waals surface area contributed by atoms with Crippen LogP contribution in [0.4, 0.5) is 10.1 Å². The van der Waals surface area contributed by atoms with Crippen molar-refractivity contribution in [1.29, 1.82) is 0 Å². The Bertz CT molecular complexity index is 615. The number of hydrogen-bond donors (Lipinski definition) is 2. The second-order valence-electron chi connectivity index (χ2n) is 6.69. The molecule has 2 N–H and O–H groups in total. The van der Waals surface area contributed by atoms with Crippen molar-refractivity contribution in [1.82, 2.24) is 10.6 Å². The second kappa shape index (κ2) is 8.34. The molecule has 0 radical (unpaired) electrons. The number of halogens is 2. The van der Waals surface area contributed by atoms with Crippen LogP contribution in [0, 0.1) is 5.82 Å². The van der Waals surface area contributed by atoms with Crippen LogP contribution >= 0.6 is 11.6 Å². The van der Waals surface area contributed by atoms with Crippen molar-refractivity contribution in [3.8, 4) is 0 Å². The number of benzene rings is 1. The molecule has 2 saturated heterocycles. The number of nitrogens with one attached hydrogen (secondary N) is 2. The van der Waals surface area contributed by atoms with Gasteiger partial charge in [0.1, 0.15) is 5.82 Å². The largest absolute Gasteiger partial charge is 0.381 e.